The first-order chi connectivity index (χ1) is 41.0. The van der Waals surface area contributed by atoms with Crippen molar-refractivity contribution in [3.63, 3.8) is 0 Å². The summed E-state index contributed by atoms with van der Waals surface area (Å²) in [6.07, 6.45) is 96.8. The number of hydrogen-bond acceptors (Lipinski definition) is 6. The molecule has 1 unspecified atom stereocenters. The third kappa shape index (κ3) is 68.7. The van der Waals surface area contributed by atoms with Crippen LogP contribution in [0.1, 0.15) is 342 Å². The third-order valence-electron chi connectivity index (χ3n) is 15.3. The maximum Gasteiger partial charge on any atom is 0.306 e. The summed E-state index contributed by atoms with van der Waals surface area (Å²) in [5.41, 5.74) is 0. The third-order valence-corrected chi connectivity index (χ3v) is 15.3. The molecule has 6 heteroatoms. The Kier molecular flexibility index (Phi) is 67.2. The first-order valence-corrected chi connectivity index (χ1v) is 35.4. The number of carbonyl (C=O) groups excluding carboxylic acids is 3. The molecule has 0 aromatic carbocycles. The maximum atomic E-state index is 12.9. The molecule has 0 rings (SSSR count). The summed E-state index contributed by atoms with van der Waals surface area (Å²) in [6, 6.07) is 0. The van der Waals surface area contributed by atoms with Gasteiger partial charge in [-0.15, -0.1) is 0 Å². The van der Waals surface area contributed by atoms with Crippen molar-refractivity contribution in [3.8, 4) is 0 Å². The van der Waals surface area contributed by atoms with Gasteiger partial charge in [0.25, 0.3) is 0 Å². The summed E-state index contributed by atoms with van der Waals surface area (Å²) in [5.74, 6) is -0.875. The van der Waals surface area contributed by atoms with E-state index in [-0.39, 0.29) is 31.1 Å². The van der Waals surface area contributed by atoms with Gasteiger partial charge in [0.1, 0.15) is 13.2 Å². The topological polar surface area (TPSA) is 78.9 Å². The van der Waals surface area contributed by atoms with E-state index in [0.717, 1.165) is 116 Å². The second kappa shape index (κ2) is 70.6. The lowest BCUT2D eigenvalue weighted by atomic mass is 10.0. The van der Waals surface area contributed by atoms with Crippen LogP contribution in [0, 0.1) is 0 Å². The molecule has 0 amide bonds. The highest BCUT2D eigenvalue weighted by Gasteiger charge is 2.19. The van der Waals surface area contributed by atoms with Crippen LogP contribution in [0.25, 0.3) is 0 Å². The fourth-order valence-corrected chi connectivity index (χ4v) is 9.99. The number of hydrogen-bond donors (Lipinski definition) is 0. The predicted molar refractivity (Wildman–Crippen MR) is 362 cm³/mol. The van der Waals surface area contributed by atoms with Gasteiger partial charge in [-0.25, -0.2) is 0 Å². The highest BCUT2D eigenvalue weighted by molar-refractivity contribution is 5.71. The number of carbonyl (C=O) groups is 3. The van der Waals surface area contributed by atoms with E-state index >= 15 is 0 Å². The molecule has 0 radical (unpaired) electrons. The van der Waals surface area contributed by atoms with Crippen LogP contribution in [0.3, 0.4) is 0 Å². The molecular weight excluding hydrogens is 1020 g/mol. The van der Waals surface area contributed by atoms with Crippen molar-refractivity contribution in [1.82, 2.24) is 0 Å². The van der Waals surface area contributed by atoms with E-state index in [9.17, 15) is 14.4 Å². The lowest BCUT2D eigenvalue weighted by Gasteiger charge is -2.18. The first kappa shape index (κ1) is 79.1. The first-order valence-electron chi connectivity index (χ1n) is 35.4. The molecule has 0 bridgehead atoms. The number of esters is 3. The van der Waals surface area contributed by atoms with Gasteiger partial charge in [0.05, 0.1) is 0 Å². The Morgan fingerprint density at radius 2 is 0.470 bits per heavy atom. The van der Waals surface area contributed by atoms with Crippen molar-refractivity contribution in [2.45, 2.75) is 348 Å². The summed E-state index contributed by atoms with van der Waals surface area (Å²) in [4.78, 5) is 38.4. The number of rotatable bonds is 64. The molecule has 0 heterocycles. The molecule has 6 nitrogen and oxygen atoms in total. The lowest BCUT2D eigenvalue weighted by Crippen LogP contribution is -2.30. The monoisotopic (exact) mass is 1150 g/mol. The van der Waals surface area contributed by atoms with Crippen LogP contribution in [-0.2, 0) is 28.6 Å². The van der Waals surface area contributed by atoms with Crippen molar-refractivity contribution < 1.29 is 28.6 Å². The Bertz CT molecular complexity index is 1660. The lowest BCUT2D eigenvalue weighted by molar-refractivity contribution is -0.167. The number of unbranched alkanes of at least 4 members (excludes halogenated alkanes) is 35. The molecule has 0 saturated carbocycles. The summed E-state index contributed by atoms with van der Waals surface area (Å²) < 4.78 is 17.0. The van der Waals surface area contributed by atoms with Gasteiger partial charge in [-0.05, 0) is 109 Å². The standard InChI is InChI=1S/C77H132O6/c1-4-7-10-13-16-19-22-25-27-29-31-33-34-35-36-37-38-39-40-41-42-44-45-47-49-52-55-58-61-64-67-70-76(79)82-73-74(72-81-75(78)69-66-63-60-57-54-51-24-21-18-15-12-9-6-3)83-77(80)71-68-65-62-59-56-53-50-48-46-43-32-30-28-26-23-20-17-14-11-8-5-2/h7,10,16,19,23,25-27,30-33,35-36,38-39,41-42,74H,4-6,8-9,11-15,17-18,20-22,24,28-29,34,37,40,43-73H2,1-3H3/b10-7-,19-16-,26-23-,27-25-,32-30-,33-31-,36-35-,39-38-,42-41-. The molecule has 0 aliphatic heterocycles. The second-order valence-corrected chi connectivity index (χ2v) is 23.4. The minimum Gasteiger partial charge on any atom is -0.462 e. The smallest absolute Gasteiger partial charge is 0.306 e. The summed E-state index contributed by atoms with van der Waals surface area (Å²) in [7, 11) is 0. The minimum absolute atomic E-state index is 0.0784. The Morgan fingerprint density at radius 3 is 0.735 bits per heavy atom. The fourth-order valence-electron chi connectivity index (χ4n) is 9.99. The van der Waals surface area contributed by atoms with Gasteiger partial charge in [0.2, 0.25) is 0 Å². The van der Waals surface area contributed by atoms with Crippen LogP contribution >= 0.6 is 0 Å². The van der Waals surface area contributed by atoms with Crippen molar-refractivity contribution >= 4 is 17.9 Å². The largest absolute Gasteiger partial charge is 0.462 e. The van der Waals surface area contributed by atoms with Crippen molar-refractivity contribution in [2.75, 3.05) is 13.2 Å². The summed E-state index contributed by atoms with van der Waals surface area (Å²) >= 11 is 0. The van der Waals surface area contributed by atoms with Crippen LogP contribution in [0.5, 0.6) is 0 Å². The molecule has 83 heavy (non-hydrogen) atoms. The van der Waals surface area contributed by atoms with E-state index in [1.54, 1.807) is 0 Å². The zero-order chi connectivity index (χ0) is 59.9. The van der Waals surface area contributed by atoms with Gasteiger partial charge < -0.3 is 14.2 Å². The van der Waals surface area contributed by atoms with E-state index in [0.29, 0.717) is 19.3 Å². The Hall–Kier alpha value is -3.93. The van der Waals surface area contributed by atoms with Crippen molar-refractivity contribution in [3.05, 3.63) is 109 Å². The molecule has 0 aromatic heterocycles. The minimum atomic E-state index is -0.784. The highest BCUT2D eigenvalue weighted by Crippen LogP contribution is 2.17. The van der Waals surface area contributed by atoms with Gasteiger partial charge in [-0.3, -0.25) is 14.4 Å². The summed E-state index contributed by atoms with van der Waals surface area (Å²) in [5, 5.41) is 0. The Morgan fingerprint density at radius 1 is 0.253 bits per heavy atom. The number of allylic oxidation sites excluding steroid dienone is 18. The molecular formula is C77H132O6. The number of ether oxygens (including phenoxy) is 3. The van der Waals surface area contributed by atoms with E-state index < -0.39 is 6.10 Å². The van der Waals surface area contributed by atoms with Crippen molar-refractivity contribution in [1.29, 1.82) is 0 Å². The molecule has 0 N–H and O–H groups in total. The zero-order valence-corrected chi connectivity index (χ0v) is 54.7. The molecule has 1 atom stereocenters. The van der Waals surface area contributed by atoms with E-state index in [2.05, 4.69) is 130 Å². The van der Waals surface area contributed by atoms with Gasteiger partial charge in [0, 0.05) is 19.3 Å². The molecule has 0 spiro atoms. The quantitative estimate of drug-likeness (QED) is 0.0261. The fraction of sp³-hybridized carbons (Fsp3) is 0.727. The van der Waals surface area contributed by atoms with Crippen LogP contribution in [0.4, 0.5) is 0 Å². The van der Waals surface area contributed by atoms with E-state index in [1.165, 1.54) is 186 Å². The second-order valence-electron chi connectivity index (χ2n) is 23.4. The highest BCUT2D eigenvalue weighted by atomic mass is 16.6. The zero-order valence-electron chi connectivity index (χ0n) is 54.7. The maximum absolute atomic E-state index is 12.9. The Balaban J connectivity index is 4.29. The average Bonchev–Trinajstić information content (AvgIpc) is 3.49. The Labute approximate surface area is 514 Å². The van der Waals surface area contributed by atoms with Crippen LogP contribution in [-0.4, -0.2) is 37.2 Å². The molecule has 0 fully saturated rings. The van der Waals surface area contributed by atoms with Crippen LogP contribution in [0.15, 0.2) is 109 Å². The predicted octanol–water partition coefficient (Wildman–Crippen LogP) is 24.6. The SMILES string of the molecule is CC/C=C\C/C=C\C/C=C\C/C=C\C/C=C\C/C=C\C/C=C\CCCCCCCCCCCC(=O)OCC(COC(=O)CCCCCCCCCCCCCCC)OC(=O)CCCCCCCCCCC/C=C\C/C=C\CCCCCCC. The normalized spacial score (nSPS) is 12.8. The molecule has 0 aliphatic carbocycles. The van der Waals surface area contributed by atoms with Gasteiger partial charge >= 0.3 is 17.9 Å². The van der Waals surface area contributed by atoms with Gasteiger partial charge in [0.15, 0.2) is 6.10 Å². The van der Waals surface area contributed by atoms with Gasteiger partial charge in [-0.2, -0.15) is 0 Å². The molecule has 476 valence electrons. The van der Waals surface area contributed by atoms with Gasteiger partial charge in [-0.1, -0.05) is 323 Å². The molecule has 0 aliphatic rings. The van der Waals surface area contributed by atoms with Crippen LogP contribution < -0.4 is 0 Å². The van der Waals surface area contributed by atoms with E-state index in [4.69, 9.17) is 14.2 Å². The van der Waals surface area contributed by atoms with Crippen LogP contribution in [0.2, 0.25) is 0 Å². The molecule has 0 saturated heterocycles. The average molecular weight is 1150 g/mol. The molecule has 0 aromatic rings. The van der Waals surface area contributed by atoms with E-state index in [1.807, 2.05) is 0 Å². The van der Waals surface area contributed by atoms with Crippen molar-refractivity contribution in [2.24, 2.45) is 0 Å². The summed E-state index contributed by atoms with van der Waals surface area (Å²) in [6.45, 7) is 6.54.